The molecule has 0 saturated carbocycles. The zero-order valence-electron chi connectivity index (χ0n) is 13.3. The summed E-state index contributed by atoms with van der Waals surface area (Å²) in [7, 11) is -1.57. The van der Waals surface area contributed by atoms with E-state index < -0.39 is 10.0 Å². The molecule has 1 aromatic carbocycles. The summed E-state index contributed by atoms with van der Waals surface area (Å²) in [5.74, 6) is 0.402. The van der Waals surface area contributed by atoms with E-state index in [9.17, 15) is 13.2 Å². The van der Waals surface area contributed by atoms with Crippen molar-refractivity contribution in [3.8, 4) is 0 Å². The number of rotatable bonds is 8. The number of tetrazole rings is 1. The highest BCUT2D eigenvalue weighted by Gasteiger charge is 2.09. The highest BCUT2D eigenvalue weighted by molar-refractivity contribution is 7.99. The molecule has 0 aliphatic rings. The molecule has 0 unspecified atom stereocenters. The molecule has 1 heterocycles. The molecule has 2 aromatic rings. The Kier molecular flexibility index (Phi) is 6.15. The molecule has 2 N–H and O–H groups in total. The average Bonchev–Trinajstić information content (AvgIpc) is 2.97. The summed E-state index contributed by atoms with van der Waals surface area (Å²) in [6, 6.07) is 6.26. The van der Waals surface area contributed by atoms with Gasteiger partial charge in [0.15, 0.2) is 0 Å². The van der Waals surface area contributed by atoms with E-state index in [1.807, 2.05) is 0 Å². The Bertz CT molecular complexity index is 788. The number of nitrogens with zero attached hydrogens (tertiary/aromatic N) is 4. The smallest absolute Gasteiger partial charge is 0.251 e. The molecule has 0 radical (unpaired) electrons. The van der Waals surface area contributed by atoms with Gasteiger partial charge in [-0.05, 0) is 41.6 Å². The number of anilines is 1. The van der Waals surface area contributed by atoms with Gasteiger partial charge in [0.25, 0.3) is 5.91 Å². The van der Waals surface area contributed by atoms with Crippen molar-refractivity contribution >= 4 is 33.4 Å². The van der Waals surface area contributed by atoms with Crippen LogP contribution in [0.4, 0.5) is 5.69 Å². The molecule has 0 saturated heterocycles. The lowest BCUT2D eigenvalue weighted by Crippen LogP contribution is -2.25. The third-order valence-corrected chi connectivity index (χ3v) is 5.32. The van der Waals surface area contributed by atoms with Gasteiger partial charge in [-0.3, -0.25) is 9.52 Å². The molecular weight excluding hydrogens is 352 g/mol. The van der Waals surface area contributed by atoms with Crippen LogP contribution < -0.4 is 10.0 Å². The largest absolute Gasteiger partial charge is 0.351 e. The van der Waals surface area contributed by atoms with E-state index in [2.05, 4.69) is 25.6 Å². The van der Waals surface area contributed by atoms with Crippen molar-refractivity contribution in [2.45, 2.75) is 12.1 Å². The van der Waals surface area contributed by atoms with Gasteiger partial charge in [0, 0.05) is 30.6 Å². The van der Waals surface area contributed by atoms with Gasteiger partial charge in [0.1, 0.15) is 0 Å². The van der Waals surface area contributed by atoms with Crippen molar-refractivity contribution in [1.29, 1.82) is 0 Å². The number of benzene rings is 1. The van der Waals surface area contributed by atoms with Gasteiger partial charge in [-0.15, -0.1) is 5.10 Å². The summed E-state index contributed by atoms with van der Waals surface area (Å²) >= 11 is 1.44. The molecule has 0 aliphatic carbocycles. The van der Waals surface area contributed by atoms with Gasteiger partial charge in [0.2, 0.25) is 15.2 Å². The van der Waals surface area contributed by atoms with E-state index in [0.717, 1.165) is 0 Å². The van der Waals surface area contributed by atoms with Gasteiger partial charge in [-0.1, -0.05) is 11.8 Å². The SMILES string of the molecule is CCS(=O)(=O)Nc1ccc(C(=O)NCCSc2nnnn2C)cc1. The fourth-order valence-electron chi connectivity index (χ4n) is 1.69. The van der Waals surface area contributed by atoms with Crippen molar-refractivity contribution in [2.75, 3.05) is 22.8 Å². The van der Waals surface area contributed by atoms with Crippen LogP contribution in [0.3, 0.4) is 0 Å². The second-order valence-corrected chi connectivity index (χ2v) is 7.85. The first-order valence-corrected chi connectivity index (χ1v) is 9.79. The number of amides is 1. The number of aryl methyl sites for hydroxylation is 1. The van der Waals surface area contributed by atoms with Gasteiger partial charge in [-0.25, -0.2) is 13.1 Å². The molecule has 0 fully saturated rings. The number of sulfonamides is 1. The van der Waals surface area contributed by atoms with E-state index in [4.69, 9.17) is 0 Å². The molecule has 11 heteroatoms. The van der Waals surface area contributed by atoms with Gasteiger partial charge in [0.05, 0.1) is 5.75 Å². The predicted molar refractivity (Wildman–Crippen MR) is 91.4 cm³/mol. The number of carbonyl (C=O) groups is 1. The fraction of sp³-hybridized carbons (Fsp3) is 0.385. The maximum Gasteiger partial charge on any atom is 0.251 e. The van der Waals surface area contributed by atoms with Gasteiger partial charge >= 0.3 is 0 Å². The third-order valence-electron chi connectivity index (χ3n) is 3.00. The van der Waals surface area contributed by atoms with Crippen LogP contribution in [0, 0.1) is 0 Å². The first kappa shape index (κ1) is 18.2. The number of aromatic nitrogens is 4. The fourth-order valence-corrected chi connectivity index (χ4v) is 3.04. The van der Waals surface area contributed by atoms with Crippen LogP contribution in [0.1, 0.15) is 17.3 Å². The lowest BCUT2D eigenvalue weighted by Gasteiger charge is -2.08. The predicted octanol–water partition coefficient (Wildman–Crippen LogP) is 0.494. The minimum atomic E-state index is -3.32. The van der Waals surface area contributed by atoms with Gasteiger partial charge in [-0.2, -0.15) is 0 Å². The van der Waals surface area contributed by atoms with Crippen molar-refractivity contribution in [3.63, 3.8) is 0 Å². The van der Waals surface area contributed by atoms with Crippen LogP contribution in [0.25, 0.3) is 0 Å². The molecule has 1 amide bonds. The summed E-state index contributed by atoms with van der Waals surface area (Å²) in [6.45, 7) is 2.01. The molecule has 9 nitrogen and oxygen atoms in total. The van der Waals surface area contributed by atoms with E-state index >= 15 is 0 Å². The topological polar surface area (TPSA) is 119 Å². The zero-order valence-corrected chi connectivity index (χ0v) is 14.9. The summed E-state index contributed by atoms with van der Waals surface area (Å²) in [5, 5.41) is 14.5. The lowest BCUT2D eigenvalue weighted by molar-refractivity contribution is 0.0956. The monoisotopic (exact) mass is 370 g/mol. The van der Waals surface area contributed by atoms with Crippen LogP contribution >= 0.6 is 11.8 Å². The second kappa shape index (κ2) is 8.11. The Balaban J connectivity index is 1.81. The molecule has 0 atom stereocenters. The summed E-state index contributed by atoms with van der Waals surface area (Å²) in [4.78, 5) is 12.0. The van der Waals surface area contributed by atoms with Crippen LogP contribution in [-0.4, -0.2) is 52.6 Å². The van der Waals surface area contributed by atoms with Gasteiger partial charge < -0.3 is 5.32 Å². The first-order chi connectivity index (χ1) is 11.4. The van der Waals surface area contributed by atoms with Crippen LogP contribution in [0.15, 0.2) is 29.4 Å². The zero-order chi connectivity index (χ0) is 17.6. The van der Waals surface area contributed by atoms with Crippen LogP contribution in [0.5, 0.6) is 0 Å². The Morgan fingerprint density at radius 1 is 1.29 bits per heavy atom. The molecule has 0 spiro atoms. The Hall–Kier alpha value is -2.14. The van der Waals surface area contributed by atoms with E-state index in [0.29, 0.717) is 28.7 Å². The Labute approximate surface area is 144 Å². The lowest BCUT2D eigenvalue weighted by atomic mass is 10.2. The quantitative estimate of drug-likeness (QED) is 0.513. The van der Waals surface area contributed by atoms with Crippen molar-refractivity contribution < 1.29 is 13.2 Å². The van der Waals surface area contributed by atoms with Crippen LogP contribution in [-0.2, 0) is 17.1 Å². The third kappa shape index (κ3) is 5.20. The Morgan fingerprint density at radius 2 is 2.00 bits per heavy atom. The van der Waals surface area contributed by atoms with Crippen molar-refractivity contribution in [3.05, 3.63) is 29.8 Å². The van der Waals surface area contributed by atoms with E-state index in [-0.39, 0.29) is 11.7 Å². The molecule has 1 aromatic heterocycles. The van der Waals surface area contributed by atoms with Crippen LogP contribution in [0.2, 0.25) is 0 Å². The molecule has 130 valence electrons. The molecule has 2 rings (SSSR count). The number of carbonyl (C=O) groups excluding carboxylic acids is 1. The molecule has 0 bridgehead atoms. The molecule has 24 heavy (non-hydrogen) atoms. The van der Waals surface area contributed by atoms with Crippen molar-refractivity contribution in [1.82, 2.24) is 25.5 Å². The van der Waals surface area contributed by atoms with E-state index in [1.54, 1.807) is 42.9 Å². The molecular formula is C13H18N6O3S2. The highest BCUT2D eigenvalue weighted by atomic mass is 32.2. The number of hydrogen-bond acceptors (Lipinski definition) is 7. The number of nitrogens with one attached hydrogen (secondary N) is 2. The molecule has 0 aliphatic heterocycles. The highest BCUT2D eigenvalue weighted by Crippen LogP contribution is 2.12. The Morgan fingerprint density at radius 3 is 2.58 bits per heavy atom. The van der Waals surface area contributed by atoms with Crippen molar-refractivity contribution in [2.24, 2.45) is 7.05 Å². The summed E-state index contributed by atoms with van der Waals surface area (Å²) < 4.78 is 26.9. The summed E-state index contributed by atoms with van der Waals surface area (Å²) in [6.07, 6.45) is 0. The number of hydrogen-bond donors (Lipinski definition) is 2. The average molecular weight is 370 g/mol. The summed E-state index contributed by atoms with van der Waals surface area (Å²) in [5.41, 5.74) is 0.888. The minimum absolute atomic E-state index is 0.00601. The maximum atomic E-state index is 12.0. The minimum Gasteiger partial charge on any atom is -0.351 e. The standard InChI is InChI=1S/C13H18N6O3S2/c1-3-24(21,22)16-11-6-4-10(5-7-11)12(20)14-8-9-23-13-15-17-18-19(13)2/h4-7,16H,3,8-9H2,1-2H3,(H,14,20). The van der Waals surface area contributed by atoms with E-state index in [1.165, 1.54) is 11.8 Å². The second-order valence-electron chi connectivity index (χ2n) is 4.77. The normalized spacial score (nSPS) is 11.2. The maximum absolute atomic E-state index is 12.0. The first-order valence-electron chi connectivity index (χ1n) is 7.15. The number of thioether (sulfide) groups is 1.